The van der Waals surface area contributed by atoms with Gasteiger partial charge in [-0.25, -0.2) is 19.2 Å². The number of alkyl halides is 2. The summed E-state index contributed by atoms with van der Waals surface area (Å²) in [6.45, 7) is -1.26. The van der Waals surface area contributed by atoms with Gasteiger partial charge < -0.3 is 24.9 Å². The molecule has 1 fully saturated rings. The molecule has 0 saturated heterocycles. The molecule has 1 aliphatic rings. The Kier molecular flexibility index (Phi) is 8.90. The van der Waals surface area contributed by atoms with Crippen molar-refractivity contribution < 1.29 is 45.9 Å². The molecule has 1 saturated carbocycles. The fraction of sp³-hybridized carbons (Fsp3) is 0.346. The summed E-state index contributed by atoms with van der Waals surface area (Å²) in [5.41, 5.74) is 7.57. The van der Waals surface area contributed by atoms with Crippen LogP contribution >= 0.6 is 0 Å². The molecule has 14 heteroatoms. The molecule has 1 aliphatic carbocycles. The van der Waals surface area contributed by atoms with E-state index in [-0.39, 0.29) is 40.0 Å². The van der Waals surface area contributed by atoms with Crippen LogP contribution in [-0.4, -0.2) is 37.1 Å². The number of nitrogens with two attached hydrogens (primary N) is 1. The molecule has 2 amide bonds. The maximum absolute atomic E-state index is 14.5. The molecule has 4 rings (SSSR count). The summed E-state index contributed by atoms with van der Waals surface area (Å²) in [4.78, 5) is 34.7. The van der Waals surface area contributed by atoms with E-state index in [1.165, 1.54) is 25.1 Å². The minimum atomic E-state index is -3.08. The summed E-state index contributed by atoms with van der Waals surface area (Å²) < 4.78 is 69.7. The molecule has 0 aliphatic heterocycles. The minimum Gasteiger partial charge on any atom is -0.489 e. The van der Waals surface area contributed by atoms with Crippen LogP contribution in [0.15, 0.2) is 40.8 Å². The van der Waals surface area contributed by atoms with Gasteiger partial charge in [0.1, 0.15) is 17.7 Å². The van der Waals surface area contributed by atoms with Gasteiger partial charge in [0.05, 0.1) is 19.8 Å². The van der Waals surface area contributed by atoms with Crippen molar-refractivity contribution >= 4 is 11.8 Å². The van der Waals surface area contributed by atoms with Gasteiger partial charge in [0.2, 0.25) is 5.89 Å². The number of amides is 2. The molecule has 0 bridgehead atoms. The van der Waals surface area contributed by atoms with Gasteiger partial charge in [0, 0.05) is 17.2 Å². The second-order valence-corrected chi connectivity index (χ2v) is 9.06. The molecule has 10 nitrogen and oxygen atoms in total. The van der Waals surface area contributed by atoms with Gasteiger partial charge in [-0.1, -0.05) is 6.07 Å². The van der Waals surface area contributed by atoms with Crippen LogP contribution < -0.4 is 26.0 Å². The Balaban J connectivity index is 1.66. The van der Waals surface area contributed by atoms with Crippen LogP contribution in [0.5, 0.6) is 11.5 Å². The third-order valence-electron chi connectivity index (χ3n) is 5.87. The SMILES string of the molecule is CONC(=O)C(NC(=O)c1nc(-c2ccc(OC(F)F)c(OCC3CC3)c2)oc1[C@H](C)N)c1ccc(F)cc1F. The van der Waals surface area contributed by atoms with E-state index in [0.29, 0.717) is 18.6 Å². The smallest absolute Gasteiger partial charge is 0.387 e. The molecule has 2 atom stereocenters. The van der Waals surface area contributed by atoms with Gasteiger partial charge in [-0.05, 0) is 49.9 Å². The summed E-state index contributed by atoms with van der Waals surface area (Å²) >= 11 is 0. The molecule has 0 spiro atoms. The molecule has 1 unspecified atom stereocenters. The highest BCUT2D eigenvalue weighted by molar-refractivity contribution is 5.97. The number of benzene rings is 2. The Bertz CT molecular complexity index is 1380. The van der Waals surface area contributed by atoms with E-state index in [4.69, 9.17) is 14.9 Å². The molecule has 0 radical (unpaired) electrons. The van der Waals surface area contributed by atoms with E-state index in [9.17, 15) is 27.2 Å². The molecular weight excluding hydrogens is 540 g/mol. The van der Waals surface area contributed by atoms with Crippen LogP contribution in [0.25, 0.3) is 11.5 Å². The molecule has 1 heterocycles. The summed E-state index contributed by atoms with van der Waals surface area (Å²) in [7, 11) is 1.14. The van der Waals surface area contributed by atoms with Crippen LogP contribution in [0.4, 0.5) is 17.6 Å². The lowest BCUT2D eigenvalue weighted by Crippen LogP contribution is -2.41. The number of nitrogens with one attached hydrogen (secondary N) is 2. The molecule has 214 valence electrons. The maximum atomic E-state index is 14.5. The van der Waals surface area contributed by atoms with Crippen molar-refractivity contribution in [2.75, 3.05) is 13.7 Å². The second kappa shape index (κ2) is 12.3. The first-order chi connectivity index (χ1) is 19.1. The number of aromatic nitrogens is 1. The van der Waals surface area contributed by atoms with E-state index >= 15 is 0 Å². The molecule has 3 aromatic rings. The number of rotatable bonds is 12. The predicted molar refractivity (Wildman–Crippen MR) is 131 cm³/mol. The van der Waals surface area contributed by atoms with Crippen molar-refractivity contribution in [2.24, 2.45) is 11.7 Å². The Morgan fingerprint density at radius 1 is 1.15 bits per heavy atom. The zero-order chi connectivity index (χ0) is 29.0. The Labute approximate surface area is 225 Å². The third-order valence-corrected chi connectivity index (χ3v) is 5.87. The van der Waals surface area contributed by atoms with Crippen LogP contribution in [0.3, 0.4) is 0 Å². The number of hydrogen-bond acceptors (Lipinski definition) is 8. The van der Waals surface area contributed by atoms with Crippen molar-refractivity contribution in [3.8, 4) is 23.0 Å². The Hall–Kier alpha value is -4.17. The van der Waals surface area contributed by atoms with Crippen molar-refractivity contribution in [1.82, 2.24) is 15.8 Å². The summed E-state index contributed by atoms with van der Waals surface area (Å²) in [6.07, 6.45) is 1.93. The Morgan fingerprint density at radius 3 is 2.52 bits per heavy atom. The number of carbonyl (C=O) groups excluding carboxylic acids is 2. The standard InChI is InChI=1S/C26H26F4N4O6/c1-12(31)22-21(23(35)32-20(24(36)34-37-2)16-7-6-15(27)10-17(16)28)33-25(40-22)14-5-8-18(39-26(29)30)19(9-14)38-11-13-3-4-13/h5-10,12-13,20,26H,3-4,11,31H2,1-2H3,(H,32,35)(H,34,36)/t12-,20?/m0/s1. The minimum absolute atomic E-state index is 0.0272. The average Bonchev–Trinajstić information content (AvgIpc) is 3.61. The predicted octanol–water partition coefficient (Wildman–Crippen LogP) is 4.18. The van der Waals surface area contributed by atoms with E-state index < -0.39 is 42.1 Å². The van der Waals surface area contributed by atoms with E-state index in [2.05, 4.69) is 19.9 Å². The number of carbonyl (C=O) groups is 2. The molecule has 1 aromatic heterocycles. The highest BCUT2D eigenvalue weighted by Gasteiger charge is 2.31. The van der Waals surface area contributed by atoms with Gasteiger partial charge in [0.25, 0.3) is 11.8 Å². The molecule has 2 aromatic carbocycles. The third kappa shape index (κ3) is 6.87. The molecule has 4 N–H and O–H groups in total. The van der Waals surface area contributed by atoms with Gasteiger partial charge >= 0.3 is 6.61 Å². The van der Waals surface area contributed by atoms with Gasteiger partial charge in [0.15, 0.2) is 23.0 Å². The zero-order valence-corrected chi connectivity index (χ0v) is 21.4. The number of halogens is 4. The second-order valence-electron chi connectivity index (χ2n) is 9.06. The fourth-order valence-electron chi connectivity index (χ4n) is 3.75. The van der Waals surface area contributed by atoms with Gasteiger partial charge in [-0.2, -0.15) is 8.78 Å². The van der Waals surface area contributed by atoms with E-state index in [1.54, 1.807) is 0 Å². The van der Waals surface area contributed by atoms with Crippen LogP contribution in [0.2, 0.25) is 0 Å². The van der Waals surface area contributed by atoms with Crippen LogP contribution in [0.1, 0.15) is 53.7 Å². The van der Waals surface area contributed by atoms with Crippen molar-refractivity contribution in [3.05, 3.63) is 65.1 Å². The number of oxazole rings is 1. The lowest BCUT2D eigenvalue weighted by atomic mass is 10.0. The zero-order valence-electron chi connectivity index (χ0n) is 21.4. The number of hydroxylamine groups is 1. The summed E-state index contributed by atoms with van der Waals surface area (Å²) in [6, 6.07) is 3.97. The fourth-order valence-corrected chi connectivity index (χ4v) is 3.75. The van der Waals surface area contributed by atoms with Crippen LogP contribution in [0, 0.1) is 17.6 Å². The summed E-state index contributed by atoms with van der Waals surface area (Å²) in [5.74, 6) is -3.93. The molecule has 40 heavy (non-hydrogen) atoms. The monoisotopic (exact) mass is 566 g/mol. The van der Waals surface area contributed by atoms with Gasteiger partial charge in [-0.3, -0.25) is 14.4 Å². The first kappa shape index (κ1) is 28.8. The van der Waals surface area contributed by atoms with Crippen LogP contribution in [-0.2, 0) is 9.63 Å². The molecular formula is C26H26F4N4O6. The van der Waals surface area contributed by atoms with E-state index in [0.717, 1.165) is 32.1 Å². The normalized spacial score (nSPS) is 14.5. The first-order valence-corrected chi connectivity index (χ1v) is 12.1. The van der Waals surface area contributed by atoms with E-state index in [1.807, 2.05) is 5.48 Å². The number of hydrogen-bond donors (Lipinski definition) is 3. The van der Waals surface area contributed by atoms with Crippen molar-refractivity contribution in [2.45, 2.75) is 38.5 Å². The highest BCUT2D eigenvalue weighted by Crippen LogP contribution is 2.37. The number of nitrogens with zero attached hydrogens (tertiary/aromatic N) is 1. The van der Waals surface area contributed by atoms with Gasteiger partial charge in [-0.15, -0.1) is 0 Å². The average molecular weight is 567 g/mol. The first-order valence-electron chi connectivity index (χ1n) is 12.1. The lowest BCUT2D eigenvalue weighted by molar-refractivity contribution is -0.133. The maximum Gasteiger partial charge on any atom is 0.387 e. The number of ether oxygens (including phenoxy) is 2. The quantitative estimate of drug-likeness (QED) is 0.219. The van der Waals surface area contributed by atoms with Crippen molar-refractivity contribution in [1.29, 1.82) is 0 Å². The topological polar surface area (TPSA) is 138 Å². The Morgan fingerprint density at radius 2 is 1.90 bits per heavy atom. The largest absolute Gasteiger partial charge is 0.489 e. The highest BCUT2D eigenvalue weighted by atomic mass is 19.3. The van der Waals surface area contributed by atoms with Crippen molar-refractivity contribution in [3.63, 3.8) is 0 Å². The summed E-state index contributed by atoms with van der Waals surface area (Å²) in [5, 5.41) is 2.34. The lowest BCUT2D eigenvalue weighted by Gasteiger charge is -2.18.